The van der Waals surface area contributed by atoms with Crippen LogP contribution in [0.1, 0.15) is 32.8 Å². The number of benzene rings is 1. The molecule has 0 amide bonds. The number of rotatable bonds is 3. The Hall–Kier alpha value is -1.29. The van der Waals surface area contributed by atoms with E-state index in [1.807, 2.05) is 12.1 Å². The van der Waals surface area contributed by atoms with Crippen LogP contribution in [0.3, 0.4) is 0 Å². The Balaban J connectivity index is 2.26. The highest BCUT2D eigenvalue weighted by molar-refractivity contribution is 9.10. The molecule has 114 valence electrons. The number of halogens is 1. The van der Waals surface area contributed by atoms with Crippen molar-refractivity contribution in [3.8, 4) is 0 Å². The summed E-state index contributed by atoms with van der Waals surface area (Å²) in [6.45, 7) is 7.95. The molecule has 4 heteroatoms. The molecule has 3 atom stereocenters. The number of anilines is 1. The number of nitrogens with zero attached hydrogens (tertiary/aromatic N) is 1. The summed E-state index contributed by atoms with van der Waals surface area (Å²) in [5, 5.41) is 8.69. The van der Waals surface area contributed by atoms with E-state index in [1.165, 1.54) is 12.1 Å². The highest BCUT2D eigenvalue weighted by Gasteiger charge is 2.29. The quantitative estimate of drug-likeness (QED) is 0.819. The fourth-order valence-corrected chi connectivity index (χ4v) is 3.68. The van der Waals surface area contributed by atoms with Gasteiger partial charge in [0.05, 0.1) is 5.69 Å². The number of piperidine rings is 1. The van der Waals surface area contributed by atoms with Gasteiger partial charge in [-0.3, -0.25) is 0 Å². The van der Waals surface area contributed by atoms with Gasteiger partial charge < -0.3 is 10.0 Å². The lowest BCUT2D eigenvalue weighted by Crippen LogP contribution is -2.46. The molecule has 1 N–H and O–H groups in total. The van der Waals surface area contributed by atoms with Crippen LogP contribution in [0.2, 0.25) is 0 Å². The molecule has 1 aliphatic rings. The van der Waals surface area contributed by atoms with Crippen LogP contribution < -0.4 is 4.90 Å². The highest BCUT2D eigenvalue weighted by atomic mass is 79.9. The fraction of sp³-hybridized carbons (Fsp3) is 0.471. The van der Waals surface area contributed by atoms with Crippen LogP contribution >= 0.6 is 15.9 Å². The fourth-order valence-electron chi connectivity index (χ4n) is 3.06. The largest absolute Gasteiger partial charge is 0.478 e. The Bertz CT molecular complexity index is 556. The first kappa shape index (κ1) is 16.1. The summed E-state index contributed by atoms with van der Waals surface area (Å²) in [5.74, 6) is 0.435. The lowest BCUT2D eigenvalue weighted by atomic mass is 9.85. The van der Waals surface area contributed by atoms with E-state index in [9.17, 15) is 4.79 Å². The van der Waals surface area contributed by atoms with Crippen molar-refractivity contribution in [1.82, 2.24) is 0 Å². The maximum atomic E-state index is 10.6. The van der Waals surface area contributed by atoms with Gasteiger partial charge in [0.25, 0.3) is 0 Å². The van der Waals surface area contributed by atoms with Gasteiger partial charge in [-0.05, 0) is 64.9 Å². The van der Waals surface area contributed by atoms with E-state index < -0.39 is 5.97 Å². The molecule has 1 aromatic carbocycles. The van der Waals surface area contributed by atoms with Crippen LogP contribution in [0.5, 0.6) is 0 Å². The summed E-state index contributed by atoms with van der Waals surface area (Å²) >= 11 is 3.63. The highest BCUT2D eigenvalue weighted by Crippen LogP contribution is 2.35. The summed E-state index contributed by atoms with van der Waals surface area (Å²) in [4.78, 5) is 13.0. The standard InChI is InChI=1S/C17H22BrNO2/c1-11-8-12(2)13(3)19(10-11)16-6-4-14(9-15(16)18)5-7-17(20)21/h4-7,9,11-13H,8,10H2,1-3H3,(H,20,21)/b7-5+. The minimum absolute atomic E-state index is 0.512. The van der Waals surface area contributed by atoms with E-state index in [2.05, 4.69) is 47.7 Å². The monoisotopic (exact) mass is 351 g/mol. The molecule has 0 saturated carbocycles. The van der Waals surface area contributed by atoms with Crippen molar-refractivity contribution in [2.75, 3.05) is 11.4 Å². The van der Waals surface area contributed by atoms with Crippen LogP contribution in [-0.4, -0.2) is 23.7 Å². The lowest BCUT2D eigenvalue weighted by molar-refractivity contribution is -0.131. The first-order chi connectivity index (χ1) is 9.88. The molecule has 1 saturated heterocycles. The number of hydrogen-bond acceptors (Lipinski definition) is 2. The second-order valence-corrected chi connectivity index (χ2v) is 6.95. The zero-order valence-corrected chi connectivity index (χ0v) is 14.3. The SMILES string of the molecule is CC1CC(C)C(C)N(c2ccc(/C=C/C(=O)O)cc2Br)C1. The van der Waals surface area contributed by atoms with Gasteiger partial charge in [-0.1, -0.05) is 19.9 Å². The van der Waals surface area contributed by atoms with Crippen LogP contribution in [0.4, 0.5) is 5.69 Å². The van der Waals surface area contributed by atoms with Crippen LogP contribution in [0, 0.1) is 11.8 Å². The van der Waals surface area contributed by atoms with Crippen molar-refractivity contribution in [3.05, 3.63) is 34.3 Å². The molecule has 21 heavy (non-hydrogen) atoms. The first-order valence-corrected chi connectivity index (χ1v) is 8.15. The van der Waals surface area contributed by atoms with E-state index in [-0.39, 0.29) is 0 Å². The number of carbonyl (C=O) groups is 1. The number of hydrogen-bond donors (Lipinski definition) is 1. The van der Waals surface area contributed by atoms with E-state index in [1.54, 1.807) is 6.08 Å². The predicted octanol–water partition coefficient (Wildman–Crippen LogP) is 4.42. The predicted molar refractivity (Wildman–Crippen MR) is 90.6 cm³/mol. The van der Waals surface area contributed by atoms with Crippen LogP contribution in [0.25, 0.3) is 6.08 Å². The molecule has 0 radical (unpaired) electrons. The summed E-state index contributed by atoms with van der Waals surface area (Å²) in [7, 11) is 0. The lowest BCUT2D eigenvalue weighted by Gasteiger charge is -2.43. The summed E-state index contributed by atoms with van der Waals surface area (Å²) in [6, 6.07) is 6.53. The van der Waals surface area contributed by atoms with Gasteiger partial charge in [0.1, 0.15) is 0 Å². The molecule has 1 aromatic rings. The normalized spacial score (nSPS) is 26.3. The van der Waals surface area contributed by atoms with Crippen LogP contribution in [0.15, 0.2) is 28.7 Å². The average Bonchev–Trinajstić information content (AvgIpc) is 2.41. The molecule has 1 aliphatic heterocycles. The van der Waals surface area contributed by atoms with Gasteiger partial charge in [0, 0.05) is 23.1 Å². The van der Waals surface area contributed by atoms with Crippen molar-refractivity contribution in [3.63, 3.8) is 0 Å². The van der Waals surface area contributed by atoms with Crippen LogP contribution in [-0.2, 0) is 4.79 Å². The molecule has 0 aromatic heterocycles. The zero-order valence-electron chi connectivity index (χ0n) is 12.7. The third kappa shape index (κ3) is 3.88. The Labute approximate surface area is 134 Å². The Morgan fingerprint density at radius 1 is 1.38 bits per heavy atom. The molecule has 0 bridgehead atoms. The molecule has 1 fully saturated rings. The molecular weight excluding hydrogens is 330 g/mol. The van der Waals surface area contributed by atoms with E-state index in [0.29, 0.717) is 17.9 Å². The topological polar surface area (TPSA) is 40.5 Å². The minimum atomic E-state index is -0.928. The minimum Gasteiger partial charge on any atom is -0.478 e. The van der Waals surface area contributed by atoms with Crippen molar-refractivity contribution >= 4 is 33.7 Å². The number of carboxylic acid groups (broad SMARTS) is 1. The maximum Gasteiger partial charge on any atom is 0.328 e. The third-order valence-corrected chi connectivity index (χ3v) is 4.93. The Kier molecular flexibility index (Phi) is 5.09. The maximum absolute atomic E-state index is 10.6. The molecule has 0 spiro atoms. The molecular formula is C17H22BrNO2. The van der Waals surface area contributed by atoms with Crippen molar-refractivity contribution in [2.45, 2.75) is 33.2 Å². The van der Waals surface area contributed by atoms with Crippen molar-refractivity contribution in [2.24, 2.45) is 11.8 Å². The molecule has 1 heterocycles. The summed E-state index contributed by atoms with van der Waals surface area (Å²) < 4.78 is 1.02. The third-order valence-electron chi connectivity index (χ3n) is 4.30. The molecule has 2 rings (SSSR count). The Morgan fingerprint density at radius 3 is 2.71 bits per heavy atom. The second kappa shape index (κ2) is 6.65. The molecule has 0 aliphatic carbocycles. The summed E-state index contributed by atoms with van der Waals surface area (Å²) in [6.07, 6.45) is 4.05. The average molecular weight is 352 g/mol. The van der Waals surface area contributed by atoms with Gasteiger partial charge in [-0.25, -0.2) is 4.79 Å². The van der Waals surface area contributed by atoms with Gasteiger partial charge in [0.2, 0.25) is 0 Å². The van der Waals surface area contributed by atoms with Crippen molar-refractivity contribution < 1.29 is 9.90 Å². The second-order valence-electron chi connectivity index (χ2n) is 6.09. The zero-order chi connectivity index (χ0) is 15.6. The molecule has 3 nitrogen and oxygen atoms in total. The number of carboxylic acids is 1. The molecule has 3 unspecified atom stereocenters. The van der Waals surface area contributed by atoms with E-state index in [4.69, 9.17) is 5.11 Å². The van der Waals surface area contributed by atoms with Gasteiger partial charge in [0.15, 0.2) is 0 Å². The van der Waals surface area contributed by atoms with Gasteiger partial charge in [-0.15, -0.1) is 0 Å². The van der Waals surface area contributed by atoms with Gasteiger partial charge in [-0.2, -0.15) is 0 Å². The van der Waals surface area contributed by atoms with Gasteiger partial charge >= 0.3 is 5.97 Å². The first-order valence-electron chi connectivity index (χ1n) is 7.35. The van der Waals surface area contributed by atoms with Crippen molar-refractivity contribution in [1.29, 1.82) is 0 Å². The Morgan fingerprint density at radius 2 is 2.10 bits per heavy atom. The number of aliphatic carboxylic acids is 1. The smallest absolute Gasteiger partial charge is 0.328 e. The van der Waals surface area contributed by atoms with E-state index in [0.717, 1.165) is 22.7 Å². The van der Waals surface area contributed by atoms with E-state index >= 15 is 0 Å². The summed E-state index contributed by atoms with van der Waals surface area (Å²) in [5.41, 5.74) is 2.08.